The molecule has 2 saturated carbocycles. The fourth-order valence-electron chi connectivity index (χ4n) is 4.42. The molecule has 0 heterocycles. The molecule has 6 heteroatoms. The van der Waals surface area contributed by atoms with Crippen molar-refractivity contribution in [1.82, 2.24) is 5.32 Å². The predicted octanol–water partition coefficient (Wildman–Crippen LogP) is 3.76. The minimum Gasteiger partial charge on any atom is -0.465 e. The number of hydrogen-bond donors (Lipinski definition) is 1. The molecule has 0 aromatic carbocycles. The minimum absolute atomic E-state index is 0.0776. The van der Waals surface area contributed by atoms with Gasteiger partial charge < -0.3 is 14.8 Å². The molecule has 0 spiro atoms. The van der Waals surface area contributed by atoms with Gasteiger partial charge in [0.2, 0.25) is 5.91 Å². The molecule has 160 valence electrons. The highest BCUT2D eigenvalue weighted by Crippen LogP contribution is 2.58. The van der Waals surface area contributed by atoms with Crippen LogP contribution in [-0.4, -0.2) is 36.6 Å². The maximum absolute atomic E-state index is 12.9. The maximum atomic E-state index is 12.9. The van der Waals surface area contributed by atoms with Gasteiger partial charge in [-0.3, -0.25) is 14.4 Å². The molecule has 2 aliphatic carbocycles. The number of ether oxygens (including phenoxy) is 2. The first-order valence-corrected chi connectivity index (χ1v) is 10.8. The van der Waals surface area contributed by atoms with Gasteiger partial charge in [-0.15, -0.1) is 0 Å². The zero-order valence-electron chi connectivity index (χ0n) is 18.0. The minimum atomic E-state index is -0.733. The Morgan fingerprint density at radius 1 is 1.04 bits per heavy atom. The summed E-state index contributed by atoms with van der Waals surface area (Å²) in [5, 5.41) is 2.68. The van der Waals surface area contributed by atoms with Gasteiger partial charge in [-0.2, -0.15) is 0 Å². The molecule has 0 bridgehead atoms. The Morgan fingerprint density at radius 2 is 1.71 bits per heavy atom. The van der Waals surface area contributed by atoms with Crippen molar-refractivity contribution in [2.75, 3.05) is 13.2 Å². The summed E-state index contributed by atoms with van der Waals surface area (Å²) in [4.78, 5) is 36.9. The van der Waals surface area contributed by atoms with Crippen LogP contribution in [0.25, 0.3) is 0 Å². The van der Waals surface area contributed by atoms with Crippen LogP contribution in [0.15, 0.2) is 0 Å². The number of carbonyl (C=O) groups is 3. The molecule has 0 aromatic heterocycles. The Hall–Kier alpha value is -1.59. The molecule has 0 saturated heterocycles. The van der Waals surface area contributed by atoms with Crippen LogP contribution < -0.4 is 5.32 Å². The Kier molecular flexibility index (Phi) is 7.90. The summed E-state index contributed by atoms with van der Waals surface area (Å²) in [7, 11) is 0. The van der Waals surface area contributed by atoms with Gasteiger partial charge in [0.1, 0.15) is 12.1 Å². The first-order valence-electron chi connectivity index (χ1n) is 10.8. The molecule has 0 radical (unpaired) electrons. The van der Waals surface area contributed by atoms with Gasteiger partial charge >= 0.3 is 11.9 Å². The van der Waals surface area contributed by atoms with Crippen LogP contribution in [0.2, 0.25) is 0 Å². The molecule has 2 rings (SSSR count). The molecule has 28 heavy (non-hydrogen) atoms. The van der Waals surface area contributed by atoms with Crippen molar-refractivity contribution >= 4 is 17.8 Å². The number of nitrogens with one attached hydrogen (secondary N) is 1. The Balaban J connectivity index is 1.94. The molecule has 1 N–H and O–H groups in total. The molecule has 2 aliphatic rings. The lowest BCUT2D eigenvalue weighted by Gasteiger charge is -2.24. The summed E-state index contributed by atoms with van der Waals surface area (Å²) in [5.41, 5.74) is -1.31. The first-order chi connectivity index (χ1) is 13.2. The van der Waals surface area contributed by atoms with Crippen LogP contribution in [0.5, 0.6) is 0 Å². The van der Waals surface area contributed by atoms with Crippen molar-refractivity contribution in [3.05, 3.63) is 0 Å². The molecule has 1 amide bonds. The number of hydrogen-bond acceptors (Lipinski definition) is 5. The first kappa shape index (κ1) is 22.7. The maximum Gasteiger partial charge on any atom is 0.325 e. The summed E-state index contributed by atoms with van der Waals surface area (Å²) in [6, 6.07) is 0. The third-order valence-corrected chi connectivity index (χ3v) is 5.91. The van der Waals surface area contributed by atoms with Crippen LogP contribution in [0, 0.1) is 17.3 Å². The third-order valence-electron chi connectivity index (χ3n) is 5.91. The molecular weight excluding hydrogens is 358 g/mol. The van der Waals surface area contributed by atoms with Gasteiger partial charge in [0, 0.05) is 0 Å². The van der Waals surface area contributed by atoms with Gasteiger partial charge in [0.25, 0.3) is 0 Å². The van der Waals surface area contributed by atoms with Crippen LogP contribution in [0.1, 0.15) is 85.5 Å². The second kappa shape index (κ2) is 9.75. The van der Waals surface area contributed by atoms with Crippen molar-refractivity contribution in [2.45, 2.75) is 91.1 Å². The van der Waals surface area contributed by atoms with E-state index in [0.717, 1.165) is 18.8 Å². The summed E-state index contributed by atoms with van der Waals surface area (Å²) in [6.45, 7) is 7.33. The Morgan fingerprint density at radius 3 is 2.32 bits per heavy atom. The zero-order valence-corrected chi connectivity index (χ0v) is 18.0. The van der Waals surface area contributed by atoms with E-state index in [9.17, 15) is 14.4 Å². The standard InChI is InChI=1S/C22H37NO5/c1-5-27-19(25)15-23-20(26)22(14-18(24)28-21(2,3)4)13-17(22)12-11-16-9-7-6-8-10-16/h16-17H,5-15H2,1-4H3,(H,23,26). The molecule has 2 fully saturated rings. The second-order valence-electron chi connectivity index (χ2n) is 9.39. The van der Waals surface area contributed by atoms with Gasteiger partial charge in [0.05, 0.1) is 18.4 Å². The van der Waals surface area contributed by atoms with E-state index < -0.39 is 17.0 Å². The fraction of sp³-hybridized carbons (Fsp3) is 0.864. The van der Waals surface area contributed by atoms with Crippen LogP contribution in [-0.2, 0) is 23.9 Å². The molecule has 2 unspecified atom stereocenters. The van der Waals surface area contributed by atoms with E-state index in [-0.39, 0.29) is 37.4 Å². The number of rotatable bonds is 9. The SMILES string of the molecule is CCOC(=O)CNC(=O)C1(CC(=O)OC(C)(C)C)CC1CCC1CCCCC1. The fourth-order valence-corrected chi connectivity index (χ4v) is 4.42. The predicted molar refractivity (Wildman–Crippen MR) is 106 cm³/mol. The molecule has 2 atom stereocenters. The topological polar surface area (TPSA) is 81.7 Å². The monoisotopic (exact) mass is 395 g/mol. The molecule has 0 aliphatic heterocycles. The Bertz CT molecular complexity index is 562. The van der Waals surface area contributed by atoms with Crippen molar-refractivity contribution < 1.29 is 23.9 Å². The van der Waals surface area contributed by atoms with Crippen molar-refractivity contribution in [3.8, 4) is 0 Å². The van der Waals surface area contributed by atoms with Crippen molar-refractivity contribution in [3.63, 3.8) is 0 Å². The third kappa shape index (κ3) is 6.78. The highest BCUT2D eigenvalue weighted by Gasteiger charge is 2.60. The lowest BCUT2D eigenvalue weighted by Crippen LogP contribution is -2.39. The van der Waals surface area contributed by atoms with E-state index in [2.05, 4.69) is 5.32 Å². The van der Waals surface area contributed by atoms with E-state index in [4.69, 9.17) is 9.47 Å². The van der Waals surface area contributed by atoms with Crippen LogP contribution in [0.3, 0.4) is 0 Å². The van der Waals surface area contributed by atoms with E-state index >= 15 is 0 Å². The summed E-state index contributed by atoms with van der Waals surface area (Å²) < 4.78 is 10.3. The highest BCUT2D eigenvalue weighted by atomic mass is 16.6. The van der Waals surface area contributed by atoms with Crippen LogP contribution >= 0.6 is 0 Å². The normalized spacial score (nSPS) is 25.1. The van der Waals surface area contributed by atoms with Crippen LogP contribution in [0.4, 0.5) is 0 Å². The quantitative estimate of drug-likeness (QED) is 0.601. The lowest BCUT2D eigenvalue weighted by atomic mass is 9.84. The van der Waals surface area contributed by atoms with Crippen molar-refractivity contribution in [2.24, 2.45) is 17.3 Å². The molecule has 6 nitrogen and oxygen atoms in total. The van der Waals surface area contributed by atoms with Gasteiger partial charge in [-0.1, -0.05) is 38.5 Å². The van der Waals surface area contributed by atoms with E-state index in [1.807, 2.05) is 20.8 Å². The lowest BCUT2D eigenvalue weighted by molar-refractivity contribution is -0.158. The van der Waals surface area contributed by atoms with Gasteiger partial charge in [-0.25, -0.2) is 0 Å². The molecular formula is C22H37NO5. The molecule has 0 aromatic rings. The number of esters is 2. The zero-order chi connectivity index (χ0) is 20.8. The summed E-state index contributed by atoms with van der Waals surface area (Å²) in [6.07, 6.45) is 9.34. The van der Waals surface area contributed by atoms with E-state index in [1.165, 1.54) is 32.1 Å². The number of carbonyl (C=O) groups excluding carboxylic acids is 3. The largest absolute Gasteiger partial charge is 0.465 e. The second-order valence-corrected chi connectivity index (χ2v) is 9.39. The Labute approximate surface area is 169 Å². The van der Waals surface area contributed by atoms with Crippen molar-refractivity contribution in [1.29, 1.82) is 0 Å². The van der Waals surface area contributed by atoms with Gasteiger partial charge in [-0.05, 0) is 52.4 Å². The van der Waals surface area contributed by atoms with E-state index in [1.54, 1.807) is 6.92 Å². The average molecular weight is 396 g/mol. The highest BCUT2D eigenvalue weighted by molar-refractivity contribution is 5.92. The van der Waals surface area contributed by atoms with E-state index in [0.29, 0.717) is 6.42 Å². The average Bonchev–Trinajstić information content (AvgIpc) is 3.31. The smallest absolute Gasteiger partial charge is 0.325 e. The number of amides is 1. The summed E-state index contributed by atoms with van der Waals surface area (Å²) in [5.74, 6) is -0.0954. The van der Waals surface area contributed by atoms with Gasteiger partial charge in [0.15, 0.2) is 0 Å². The summed E-state index contributed by atoms with van der Waals surface area (Å²) >= 11 is 0.